The summed E-state index contributed by atoms with van der Waals surface area (Å²) in [5.41, 5.74) is 0. The maximum absolute atomic E-state index is 12.2. The molecular weight excluding hydrogens is 520 g/mol. The Kier molecular flexibility index (Phi) is 32.2. The van der Waals surface area contributed by atoms with Gasteiger partial charge in [0.2, 0.25) is 0 Å². The van der Waals surface area contributed by atoms with Gasteiger partial charge >= 0.3 is 11.9 Å². The third kappa shape index (κ3) is 31.1. The van der Waals surface area contributed by atoms with Crippen LogP contribution in [0.3, 0.4) is 0 Å². The Bertz CT molecular complexity index is 679. The highest BCUT2D eigenvalue weighted by atomic mass is 16.6. The number of carbonyl (C=O) groups excluding carboxylic acids is 1. The normalized spacial score (nSPS) is 12.6. The first-order valence-corrected chi connectivity index (χ1v) is 18.0. The molecule has 0 aromatic rings. The van der Waals surface area contributed by atoms with E-state index in [-0.39, 0.29) is 5.97 Å². The number of carboxylic acids is 1. The van der Waals surface area contributed by atoms with Crippen molar-refractivity contribution < 1.29 is 19.4 Å². The molecular formula is C38H68O4. The number of unbranched alkanes of at least 4 members (excludes halogenated alkanes) is 20. The number of hydrogen-bond donors (Lipinski definition) is 1. The van der Waals surface area contributed by atoms with Gasteiger partial charge in [-0.3, -0.25) is 4.79 Å². The van der Waals surface area contributed by atoms with Gasteiger partial charge in [-0.1, -0.05) is 166 Å². The number of rotatable bonds is 32. The van der Waals surface area contributed by atoms with Crippen molar-refractivity contribution in [1.29, 1.82) is 0 Å². The minimum absolute atomic E-state index is 0.322. The lowest BCUT2D eigenvalue weighted by Gasteiger charge is -2.13. The Morgan fingerprint density at radius 3 is 1.48 bits per heavy atom. The molecule has 0 heterocycles. The second kappa shape index (κ2) is 33.7. The fourth-order valence-corrected chi connectivity index (χ4v) is 5.22. The zero-order valence-corrected chi connectivity index (χ0v) is 27.8. The van der Waals surface area contributed by atoms with Gasteiger partial charge in [-0.15, -0.1) is 0 Å². The first-order chi connectivity index (χ1) is 20.6. The van der Waals surface area contributed by atoms with Crippen molar-refractivity contribution in [3.8, 4) is 0 Å². The van der Waals surface area contributed by atoms with E-state index in [0.717, 1.165) is 70.6 Å². The summed E-state index contributed by atoms with van der Waals surface area (Å²) in [6.07, 6.45) is 43.1. The van der Waals surface area contributed by atoms with Crippen molar-refractivity contribution in [2.24, 2.45) is 0 Å². The number of carboxylic acid groups (broad SMARTS) is 1. The molecule has 0 aromatic carbocycles. The van der Waals surface area contributed by atoms with Crippen molar-refractivity contribution in [2.75, 3.05) is 0 Å². The molecule has 0 aliphatic rings. The molecule has 0 rings (SSSR count). The van der Waals surface area contributed by atoms with E-state index in [1.807, 2.05) is 0 Å². The maximum Gasteiger partial charge on any atom is 0.345 e. The van der Waals surface area contributed by atoms with E-state index in [2.05, 4.69) is 50.3 Å². The topological polar surface area (TPSA) is 63.6 Å². The van der Waals surface area contributed by atoms with Gasteiger partial charge in [0.25, 0.3) is 0 Å². The van der Waals surface area contributed by atoms with Gasteiger partial charge in [-0.25, -0.2) is 4.79 Å². The highest BCUT2D eigenvalue weighted by Gasteiger charge is 2.21. The van der Waals surface area contributed by atoms with E-state index in [0.29, 0.717) is 12.8 Å². The Morgan fingerprint density at radius 2 is 0.976 bits per heavy atom. The zero-order valence-electron chi connectivity index (χ0n) is 27.8. The smallest absolute Gasteiger partial charge is 0.345 e. The molecule has 1 N–H and O–H groups in total. The number of hydrogen-bond acceptors (Lipinski definition) is 3. The fraction of sp³-hybridized carbons (Fsp3) is 0.789. The molecule has 0 aromatic heterocycles. The van der Waals surface area contributed by atoms with Crippen LogP contribution in [0.1, 0.15) is 187 Å². The Morgan fingerprint density at radius 1 is 0.548 bits per heavy atom. The van der Waals surface area contributed by atoms with Crippen molar-refractivity contribution in [3.05, 3.63) is 36.5 Å². The second-order valence-electron chi connectivity index (χ2n) is 12.0. The molecule has 4 nitrogen and oxygen atoms in total. The molecule has 0 aliphatic carbocycles. The minimum Gasteiger partial charge on any atom is -0.479 e. The van der Waals surface area contributed by atoms with Crippen LogP contribution in [0.5, 0.6) is 0 Å². The Hall–Kier alpha value is -1.84. The van der Waals surface area contributed by atoms with E-state index in [1.54, 1.807) is 0 Å². The van der Waals surface area contributed by atoms with Crippen LogP contribution in [0.25, 0.3) is 0 Å². The van der Waals surface area contributed by atoms with E-state index in [1.165, 1.54) is 89.9 Å². The maximum atomic E-state index is 12.2. The summed E-state index contributed by atoms with van der Waals surface area (Å²) in [5, 5.41) is 9.46. The summed E-state index contributed by atoms with van der Waals surface area (Å²) >= 11 is 0. The van der Waals surface area contributed by atoms with Crippen LogP contribution in [0.4, 0.5) is 0 Å². The molecule has 0 saturated heterocycles. The molecule has 0 bridgehead atoms. The molecule has 42 heavy (non-hydrogen) atoms. The van der Waals surface area contributed by atoms with E-state index in [9.17, 15) is 14.7 Å². The van der Waals surface area contributed by atoms with Crippen LogP contribution in [-0.4, -0.2) is 23.1 Å². The lowest BCUT2D eigenvalue weighted by atomic mass is 10.0. The number of aliphatic carboxylic acids is 1. The Balaban J connectivity index is 3.60. The lowest BCUT2D eigenvalue weighted by molar-refractivity contribution is -0.164. The minimum atomic E-state index is -1.01. The summed E-state index contributed by atoms with van der Waals surface area (Å²) in [7, 11) is 0. The summed E-state index contributed by atoms with van der Waals surface area (Å²) in [6, 6.07) is 0. The number of carbonyl (C=O) groups is 2. The summed E-state index contributed by atoms with van der Waals surface area (Å²) in [6.45, 7) is 4.42. The van der Waals surface area contributed by atoms with E-state index in [4.69, 9.17) is 4.74 Å². The molecule has 244 valence electrons. The molecule has 0 fully saturated rings. The molecule has 1 unspecified atom stereocenters. The standard InChI is InChI=1S/C38H68O4/c1-3-5-7-9-11-13-15-17-19-21-22-24-26-28-30-32-34-36(38(40)41)42-37(39)35-33-31-29-27-25-23-20-18-16-14-12-10-8-6-4-2/h6,8,12,14,18,20,36H,3-5,7,9-11,13,15-17,19,21-35H2,1-2H3,(H,40,41)/b8-6-,14-12-,20-18-. The van der Waals surface area contributed by atoms with Gasteiger partial charge in [-0.05, 0) is 51.4 Å². The van der Waals surface area contributed by atoms with Crippen LogP contribution in [0, 0.1) is 0 Å². The van der Waals surface area contributed by atoms with Gasteiger partial charge in [0.15, 0.2) is 6.10 Å². The van der Waals surface area contributed by atoms with Crippen LogP contribution in [0.2, 0.25) is 0 Å². The first-order valence-electron chi connectivity index (χ1n) is 18.0. The molecule has 0 saturated carbocycles. The van der Waals surface area contributed by atoms with Crippen molar-refractivity contribution in [2.45, 2.75) is 193 Å². The van der Waals surface area contributed by atoms with Crippen molar-refractivity contribution >= 4 is 11.9 Å². The average Bonchev–Trinajstić information content (AvgIpc) is 2.98. The molecule has 0 spiro atoms. The number of ether oxygens (including phenoxy) is 1. The van der Waals surface area contributed by atoms with Gasteiger partial charge in [0, 0.05) is 6.42 Å². The summed E-state index contributed by atoms with van der Waals surface area (Å²) < 4.78 is 5.30. The highest BCUT2D eigenvalue weighted by Crippen LogP contribution is 2.16. The fourth-order valence-electron chi connectivity index (χ4n) is 5.22. The average molecular weight is 589 g/mol. The van der Waals surface area contributed by atoms with Crippen LogP contribution in [-0.2, 0) is 14.3 Å². The van der Waals surface area contributed by atoms with Gasteiger partial charge in [-0.2, -0.15) is 0 Å². The third-order valence-electron chi connectivity index (χ3n) is 7.90. The molecule has 0 aliphatic heterocycles. The van der Waals surface area contributed by atoms with Gasteiger partial charge in [0.05, 0.1) is 0 Å². The van der Waals surface area contributed by atoms with Gasteiger partial charge in [0.1, 0.15) is 0 Å². The van der Waals surface area contributed by atoms with Crippen LogP contribution < -0.4 is 0 Å². The van der Waals surface area contributed by atoms with Crippen molar-refractivity contribution in [1.82, 2.24) is 0 Å². The predicted octanol–water partition coefficient (Wildman–Crippen LogP) is 12.2. The Labute approximate surface area is 260 Å². The van der Waals surface area contributed by atoms with E-state index < -0.39 is 12.1 Å². The van der Waals surface area contributed by atoms with Gasteiger partial charge < -0.3 is 9.84 Å². The highest BCUT2D eigenvalue weighted by molar-refractivity contribution is 5.77. The monoisotopic (exact) mass is 589 g/mol. The number of allylic oxidation sites excluding steroid dienone is 6. The molecule has 4 heteroatoms. The molecule has 0 amide bonds. The zero-order chi connectivity index (χ0) is 30.8. The van der Waals surface area contributed by atoms with Crippen molar-refractivity contribution in [3.63, 3.8) is 0 Å². The summed E-state index contributed by atoms with van der Waals surface area (Å²) in [5.74, 6) is -1.37. The quantitative estimate of drug-likeness (QED) is 0.0482. The largest absolute Gasteiger partial charge is 0.479 e. The SMILES string of the molecule is CC/C=C\C/C=C\C/C=C\CCCCCCCC(=O)OC(CCCCCCCCCCCCCCCCCC)C(=O)O. The lowest BCUT2D eigenvalue weighted by Crippen LogP contribution is -2.27. The molecule has 1 atom stereocenters. The molecule has 0 radical (unpaired) electrons. The number of esters is 1. The predicted molar refractivity (Wildman–Crippen MR) is 181 cm³/mol. The summed E-state index contributed by atoms with van der Waals surface area (Å²) in [4.78, 5) is 23.7. The second-order valence-corrected chi connectivity index (χ2v) is 12.0. The van der Waals surface area contributed by atoms with Crippen LogP contribution in [0.15, 0.2) is 36.5 Å². The van der Waals surface area contributed by atoms with Crippen LogP contribution >= 0.6 is 0 Å². The third-order valence-corrected chi connectivity index (χ3v) is 7.90. The van der Waals surface area contributed by atoms with E-state index >= 15 is 0 Å². The first kappa shape index (κ1) is 40.2.